The van der Waals surface area contributed by atoms with Crippen molar-refractivity contribution < 1.29 is 9.47 Å². The third-order valence-electron chi connectivity index (χ3n) is 4.04. The Hall–Kier alpha value is -1.06. The number of nitrogens with two attached hydrogens (primary N) is 1. The summed E-state index contributed by atoms with van der Waals surface area (Å²) in [7, 11) is 0. The zero-order valence-electron chi connectivity index (χ0n) is 10.7. The highest BCUT2D eigenvalue weighted by atomic mass is 16.5. The van der Waals surface area contributed by atoms with E-state index in [1.165, 1.54) is 5.56 Å². The largest absolute Gasteiger partial charge is 0.493 e. The minimum absolute atomic E-state index is 0.344. The molecule has 3 atom stereocenters. The lowest BCUT2D eigenvalue weighted by Gasteiger charge is -2.26. The lowest BCUT2D eigenvalue weighted by atomic mass is 9.94. The fourth-order valence-electron chi connectivity index (χ4n) is 2.97. The van der Waals surface area contributed by atoms with Crippen molar-refractivity contribution in [2.45, 2.75) is 43.7 Å². The van der Waals surface area contributed by atoms with Gasteiger partial charge in [-0.05, 0) is 37.3 Å². The Labute approximate surface area is 108 Å². The van der Waals surface area contributed by atoms with Crippen molar-refractivity contribution in [2.75, 3.05) is 13.2 Å². The SMILES string of the molecule is NC1CCC(OCC2CCOc3ccccc32)C1. The van der Waals surface area contributed by atoms with Gasteiger partial charge in [0.05, 0.1) is 19.3 Å². The zero-order chi connectivity index (χ0) is 12.4. The molecule has 1 heterocycles. The van der Waals surface area contributed by atoms with Gasteiger partial charge >= 0.3 is 0 Å². The topological polar surface area (TPSA) is 44.5 Å². The van der Waals surface area contributed by atoms with E-state index in [4.69, 9.17) is 15.2 Å². The second-order valence-corrected chi connectivity index (χ2v) is 5.40. The molecule has 0 saturated heterocycles. The van der Waals surface area contributed by atoms with E-state index in [0.29, 0.717) is 18.1 Å². The first kappa shape index (κ1) is 12.0. The predicted octanol–water partition coefficient (Wildman–Crippen LogP) is 2.45. The molecule has 0 amide bonds. The number of benzene rings is 1. The van der Waals surface area contributed by atoms with E-state index in [2.05, 4.69) is 12.1 Å². The van der Waals surface area contributed by atoms with Crippen molar-refractivity contribution in [3.63, 3.8) is 0 Å². The van der Waals surface area contributed by atoms with Crippen molar-refractivity contribution in [1.29, 1.82) is 0 Å². The maximum atomic E-state index is 6.03. The summed E-state index contributed by atoms with van der Waals surface area (Å²) in [6.07, 6.45) is 4.66. The molecule has 0 aromatic heterocycles. The molecule has 2 N–H and O–H groups in total. The van der Waals surface area contributed by atoms with Gasteiger partial charge in [0.25, 0.3) is 0 Å². The van der Waals surface area contributed by atoms with E-state index in [1.54, 1.807) is 0 Å². The number of fused-ring (bicyclic) bond motifs is 1. The Morgan fingerprint density at radius 3 is 2.94 bits per heavy atom. The fraction of sp³-hybridized carbons (Fsp3) is 0.600. The molecule has 1 aliphatic heterocycles. The van der Waals surface area contributed by atoms with Gasteiger partial charge in [-0.25, -0.2) is 0 Å². The summed E-state index contributed by atoms with van der Waals surface area (Å²) in [4.78, 5) is 0. The summed E-state index contributed by atoms with van der Waals surface area (Å²) in [6.45, 7) is 1.60. The summed E-state index contributed by atoms with van der Waals surface area (Å²) in [5.41, 5.74) is 7.21. The van der Waals surface area contributed by atoms with Crippen LogP contribution in [0.4, 0.5) is 0 Å². The number of ether oxygens (including phenoxy) is 2. The molecule has 18 heavy (non-hydrogen) atoms. The molecule has 1 fully saturated rings. The second-order valence-electron chi connectivity index (χ2n) is 5.40. The van der Waals surface area contributed by atoms with Crippen LogP contribution < -0.4 is 10.5 Å². The van der Waals surface area contributed by atoms with Crippen molar-refractivity contribution >= 4 is 0 Å². The molecule has 1 aliphatic carbocycles. The van der Waals surface area contributed by atoms with Gasteiger partial charge in [0.15, 0.2) is 0 Å². The van der Waals surface area contributed by atoms with Crippen LogP contribution in [-0.4, -0.2) is 25.4 Å². The van der Waals surface area contributed by atoms with Gasteiger partial charge in [-0.15, -0.1) is 0 Å². The summed E-state index contributed by atoms with van der Waals surface area (Å²) in [6, 6.07) is 8.65. The Kier molecular flexibility index (Phi) is 3.52. The van der Waals surface area contributed by atoms with Gasteiger partial charge in [-0.1, -0.05) is 18.2 Å². The molecule has 3 unspecified atom stereocenters. The average molecular weight is 247 g/mol. The smallest absolute Gasteiger partial charge is 0.122 e. The summed E-state index contributed by atoms with van der Waals surface area (Å²) < 4.78 is 11.7. The van der Waals surface area contributed by atoms with Crippen LogP contribution in [0.15, 0.2) is 24.3 Å². The van der Waals surface area contributed by atoms with Gasteiger partial charge in [0.1, 0.15) is 5.75 Å². The Bertz CT molecular complexity index is 407. The van der Waals surface area contributed by atoms with E-state index >= 15 is 0 Å². The van der Waals surface area contributed by atoms with Crippen molar-refractivity contribution in [3.05, 3.63) is 29.8 Å². The molecule has 1 aromatic rings. The van der Waals surface area contributed by atoms with E-state index in [0.717, 1.165) is 44.6 Å². The highest BCUT2D eigenvalue weighted by molar-refractivity contribution is 5.37. The predicted molar refractivity (Wildman–Crippen MR) is 70.9 cm³/mol. The van der Waals surface area contributed by atoms with E-state index in [9.17, 15) is 0 Å². The third kappa shape index (κ3) is 2.52. The van der Waals surface area contributed by atoms with Gasteiger partial charge in [0.2, 0.25) is 0 Å². The first-order valence-corrected chi connectivity index (χ1v) is 6.92. The normalized spacial score (nSPS) is 30.8. The van der Waals surface area contributed by atoms with E-state index in [1.807, 2.05) is 12.1 Å². The molecule has 2 aliphatic rings. The highest BCUT2D eigenvalue weighted by Crippen LogP contribution is 2.34. The molecule has 98 valence electrons. The lowest BCUT2D eigenvalue weighted by molar-refractivity contribution is 0.0402. The Morgan fingerprint density at radius 2 is 2.11 bits per heavy atom. The quantitative estimate of drug-likeness (QED) is 0.892. The second kappa shape index (κ2) is 5.29. The first-order chi connectivity index (χ1) is 8.83. The lowest BCUT2D eigenvalue weighted by Crippen LogP contribution is -2.22. The number of hydrogen-bond donors (Lipinski definition) is 1. The van der Waals surface area contributed by atoms with E-state index < -0.39 is 0 Å². The van der Waals surface area contributed by atoms with Crippen LogP contribution in [0, 0.1) is 0 Å². The molecule has 3 heteroatoms. The zero-order valence-corrected chi connectivity index (χ0v) is 10.7. The molecular weight excluding hydrogens is 226 g/mol. The monoisotopic (exact) mass is 247 g/mol. The fourth-order valence-corrected chi connectivity index (χ4v) is 2.97. The maximum Gasteiger partial charge on any atom is 0.122 e. The molecule has 0 bridgehead atoms. The molecule has 0 radical (unpaired) electrons. The number of rotatable bonds is 3. The van der Waals surface area contributed by atoms with Gasteiger partial charge < -0.3 is 15.2 Å². The van der Waals surface area contributed by atoms with Crippen molar-refractivity contribution in [3.8, 4) is 5.75 Å². The summed E-state index contributed by atoms with van der Waals surface area (Å²) >= 11 is 0. The van der Waals surface area contributed by atoms with Crippen molar-refractivity contribution in [2.24, 2.45) is 5.73 Å². The Morgan fingerprint density at radius 1 is 1.22 bits per heavy atom. The summed E-state index contributed by atoms with van der Waals surface area (Å²) in [5.74, 6) is 1.51. The summed E-state index contributed by atoms with van der Waals surface area (Å²) in [5, 5.41) is 0. The Balaban J connectivity index is 1.60. The minimum Gasteiger partial charge on any atom is -0.493 e. The van der Waals surface area contributed by atoms with Crippen LogP contribution in [0.2, 0.25) is 0 Å². The molecule has 3 rings (SSSR count). The van der Waals surface area contributed by atoms with Crippen LogP contribution in [0.3, 0.4) is 0 Å². The first-order valence-electron chi connectivity index (χ1n) is 6.92. The number of para-hydroxylation sites is 1. The molecular formula is C15H21NO2. The van der Waals surface area contributed by atoms with Gasteiger partial charge in [-0.2, -0.15) is 0 Å². The third-order valence-corrected chi connectivity index (χ3v) is 4.04. The number of hydrogen-bond acceptors (Lipinski definition) is 3. The maximum absolute atomic E-state index is 6.03. The van der Waals surface area contributed by atoms with Gasteiger partial charge in [-0.3, -0.25) is 0 Å². The van der Waals surface area contributed by atoms with Crippen molar-refractivity contribution in [1.82, 2.24) is 0 Å². The minimum atomic E-state index is 0.344. The van der Waals surface area contributed by atoms with Gasteiger partial charge in [0, 0.05) is 12.0 Å². The molecule has 3 nitrogen and oxygen atoms in total. The van der Waals surface area contributed by atoms with Crippen LogP contribution in [-0.2, 0) is 4.74 Å². The van der Waals surface area contributed by atoms with Crippen LogP contribution >= 0.6 is 0 Å². The standard InChI is InChI=1S/C15H21NO2/c16-12-5-6-13(9-12)18-10-11-7-8-17-15-4-2-1-3-14(11)15/h1-4,11-13H,5-10,16H2. The van der Waals surface area contributed by atoms with Crippen LogP contribution in [0.1, 0.15) is 37.2 Å². The highest BCUT2D eigenvalue weighted by Gasteiger charge is 2.26. The van der Waals surface area contributed by atoms with Crippen LogP contribution in [0.5, 0.6) is 5.75 Å². The molecule has 0 spiro atoms. The van der Waals surface area contributed by atoms with Crippen LogP contribution in [0.25, 0.3) is 0 Å². The van der Waals surface area contributed by atoms with E-state index in [-0.39, 0.29) is 0 Å². The molecule has 1 saturated carbocycles. The average Bonchev–Trinajstić information content (AvgIpc) is 2.82. The molecule has 1 aromatic carbocycles.